The van der Waals surface area contributed by atoms with Gasteiger partial charge in [-0.15, -0.1) is 11.3 Å². The molecule has 0 saturated heterocycles. The van der Waals surface area contributed by atoms with Gasteiger partial charge in [0, 0.05) is 11.4 Å². The van der Waals surface area contributed by atoms with E-state index in [1.165, 1.54) is 28.2 Å². The summed E-state index contributed by atoms with van der Waals surface area (Å²) in [5, 5.41) is 2.72. The van der Waals surface area contributed by atoms with E-state index >= 15 is 0 Å². The van der Waals surface area contributed by atoms with Gasteiger partial charge in [0.25, 0.3) is 5.91 Å². The van der Waals surface area contributed by atoms with Gasteiger partial charge in [-0.2, -0.15) is 0 Å². The number of ether oxygens (including phenoxy) is 1. The summed E-state index contributed by atoms with van der Waals surface area (Å²) in [4.78, 5) is 25.5. The Hall–Kier alpha value is -1.36. The molecular formula is C14H19NO3S. The van der Waals surface area contributed by atoms with Crippen molar-refractivity contribution in [2.45, 2.75) is 45.6 Å². The Labute approximate surface area is 117 Å². The molecule has 19 heavy (non-hydrogen) atoms. The summed E-state index contributed by atoms with van der Waals surface area (Å²) in [6.07, 6.45) is 3.40. The number of amides is 1. The maximum atomic E-state index is 11.9. The maximum Gasteiger partial charge on any atom is 0.349 e. The third-order valence-electron chi connectivity index (χ3n) is 3.15. The Morgan fingerprint density at radius 2 is 2.26 bits per heavy atom. The number of hydrogen-bond donors (Lipinski definition) is 1. The number of fused-ring (bicyclic) bond motifs is 1. The first kappa shape index (κ1) is 14.1. The molecule has 1 amide bonds. The number of hydrogen-bond acceptors (Lipinski definition) is 4. The summed E-state index contributed by atoms with van der Waals surface area (Å²) in [5.41, 5.74) is 1.26. The van der Waals surface area contributed by atoms with Crippen molar-refractivity contribution < 1.29 is 14.3 Å². The maximum absolute atomic E-state index is 11.9. The van der Waals surface area contributed by atoms with Gasteiger partial charge in [0.05, 0.1) is 0 Å². The number of aryl methyl sites for hydroxylation is 2. The molecule has 0 aromatic carbocycles. The highest BCUT2D eigenvalue weighted by molar-refractivity contribution is 7.14. The average Bonchev–Trinajstić information content (AvgIpc) is 2.96. The molecule has 1 N–H and O–H groups in total. The first-order valence-electron chi connectivity index (χ1n) is 6.72. The second-order valence-corrected chi connectivity index (χ2v) is 5.89. The van der Waals surface area contributed by atoms with Gasteiger partial charge >= 0.3 is 5.97 Å². The van der Waals surface area contributed by atoms with E-state index in [1.807, 2.05) is 13.0 Å². The largest absolute Gasteiger partial charge is 0.448 e. The van der Waals surface area contributed by atoms with Crippen molar-refractivity contribution in [3.63, 3.8) is 0 Å². The molecule has 0 radical (unpaired) electrons. The predicted molar refractivity (Wildman–Crippen MR) is 74.5 cm³/mol. The van der Waals surface area contributed by atoms with E-state index in [4.69, 9.17) is 4.74 Å². The smallest absolute Gasteiger partial charge is 0.349 e. The Balaban J connectivity index is 1.91. The van der Waals surface area contributed by atoms with Crippen LogP contribution in [0.25, 0.3) is 0 Å². The molecule has 5 heteroatoms. The second-order valence-electron chi connectivity index (χ2n) is 4.75. The molecule has 2 rings (SSSR count). The zero-order valence-electron chi connectivity index (χ0n) is 11.3. The highest BCUT2D eigenvalue weighted by Gasteiger charge is 2.22. The van der Waals surface area contributed by atoms with Gasteiger partial charge in [-0.3, -0.25) is 4.79 Å². The molecule has 1 aromatic heterocycles. The topological polar surface area (TPSA) is 55.4 Å². The van der Waals surface area contributed by atoms with E-state index in [0.29, 0.717) is 11.4 Å². The number of esters is 1. The van der Waals surface area contributed by atoms with E-state index in [1.54, 1.807) is 6.92 Å². The van der Waals surface area contributed by atoms with Gasteiger partial charge in [-0.05, 0) is 44.2 Å². The van der Waals surface area contributed by atoms with Crippen LogP contribution in [0.4, 0.5) is 0 Å². The van der Waals surface area contributed by atoms with Crippen molar-refractivity contribution in [2.24, 2.45) is 0 Å². The van der Waals surface area contributed by atoms with Crippen molar-refractivity contribution >= 4 is 23.2 Å². The van der Waals surface area contributed by atoms with Gasteiger partial charge in [-0.1, -0.05) is 6.92 Å². The predicted octanol–water partition coefficient (Wildman–Crippen LogP) is 2.31. The lowest BCUT2D eigenvalue weighted by Gasteiger charge is -2.12. The minimum Gasteiger partial charge on any atom is -0.448 e. The van der Waals surface area contributed by atoms with E-state index in [2.05, 4.69) is 5.32 Å². The van der Waals surface area contributed by atoms with Crippen molar-refractivity contribution in [3.05, 3.63) is 21.4 Å². The van der Waals surface area contributed by atoms with Crippen LogP contribution in [-0.2, 0) is 22.4 Å². The zero-order valence-corrected chi connectivity index (χ0v) is 12.1. The third-order valence-corrected chi connectivity index (χ3v) is 4.37. The van der Waals surface area contributed by atoms with Gasteiger partial charge < -0.3 is 10.1 Å². The molecule has 0 aliphatic heterocycles. The first-order chi connectivity index (χ1) is 9.11. The Morgan fingerprint density at radius 1 is 1.47 bits per heavy atom. The number of thiophene rings is 1. The van der Waals surface area contributed by atoms with E-state index in [0.717, 1.165) is 19.3 Å². The molecular weight excluding hydrogens is 262 g/mol. The van der Waals surface area contributed by atoms with Crippen LogP contribution in [-0.4, -0.2) is 24.5 Å². The summed E-state index contributed by atoms with van der Waals surface area (Å²) < 4.78 is 5.19. The Kier molecular flexibility index (Phi) is 4.58. The summed E-state index contributed by atoms with van der Waals surface area (Å²) in [5.74, 6) is -0.627. The molecule has 4 nitrogen and oxygen atoms in total. The summed E-state index contributed by atoms with van der Waals surface area (Å²) in [6, 6.07) is 1.91. The standard InChI is InChI=1S/C14H19NO3S/c1-3-7-15-13(16)9(2)18-14(17)12-8-10-5-4-6-11(10)19-12/h8-9H,3-7H2,1-2H3,(H,15,16)/t9-/m1/s1. The number of carbonyl (C=O) groups is 2. The molecule has 1 aromatic rings. The van der Waals surface area contributed by atoms with E-state index in [9.17, 15) is 9.59 Å². The molecule has 1 aliphatic carbocycles. The van der Waals surface area contributed by atoms with Crippen LogP contribution in [0, 0.1) is 0 Å². The zero-order chi connectivity index (χ0) is 13.8. The van der Waals surface area contributed by atoms with Gasteiger partial charge in [0.1, 0.15) is 4.88 Å². The molecule has 0 unspecified atom stereocenters. The third kappa shape index (κ3) is 3.35. The number of rotatable bonds is 5. The lowest BCUT2D eigenvalue weighted by Crippen LogP contribution is -2.36. The fraction of sp³-hybridized carbons (Fsp3) is 0.571. The fourth-order valence-electron chi connectivity index (χ4n) is 2.09. The normalized spacial score (nSPS) is 14.8. The van der Waals surface area contributed by atoms with E-state index < -0.39 is 12.1 Å². The van der Waals surface area contributed by atoms with Crippen molar-refractivity contribution in [1.82, 2.24) is 5.32 Å². The molecule has 1 heterocycles. The van der Waals surface area contributed by atoms with Crippen LogP contribution in [0.5, 0.6) is 0 Å². The number of carbonyl (C=O) groups excluding carboxylic acids is 2. The minimum atomic E-state index is -0.740. The molecule has 0 saturated carbocycles. The van der Waals surface area contributed by atoms with Crippen LogP contribution in [0.2, 0.25) is 0 Å². The minimum absolute atomic E-state index is 0.237. The van der Waals surface area contributed by atoms with Crippen LogP contribution < -0.4 is 5.32 Å². The highest BCUT2D eigenvalue weighted by atomic mass is 32.1. The molecule has 0 spiro atoms. The lowest BCUT2D eigenvalue weighted by molar-refractivity contribution is -0.129. The average molecular weight is 281 g/mol. The monoisotopic (exact) mass is 281 g/mol. The molecule has 1 aliphatic rings. The second kappa shape index (κ2) is 6.19. The SMILES string of the molecule is CCCNC(=O)[C@@H](C)OC(=O)c1cc2c(s1)CCC2. The van der Waals surface area contributed by atoms with Crippen LogP contribution >= 0.6 is 11.3 Å². The van der Waals surface area contributed by atoms with Crippen molar-refractivity contribution in [3.8, 4) is 0 Å². The first-order valence-corrected chi connectivity index (χ1v) is 7.53. The van der Waals surface area contributed by atoms with Crippen molar-refractivity contribution in [1.29, 1.82) is 0 Å². The summed E-state index contributed by atoms with van der Waals surface area (Å²) >= 11 is 1.50. The van der Waals surface area contributed by atoms with E-state index in [-0.39, 0.29) is 5.91 Å². The fourth-order valence-corrected chi connectivity index (χ4v) is 3.23. The molecule has 0 bridgehead atoms. The molecule has 104 valence electrons. The van der Waals surface area contributed by atoms with Gasteiger partial charge in [0.2, 0.25) is 0 Å². The quantitative estimate of drug-likeness (QED) is 0.843. The molecule has 0 fully saturated rings. The number of nitrogens with one attached hydrogen (secondary N) is 1. The van der Waals surface area contributed by atoms with Gasteiger partial charge in [0.15, 0.2) is 6.10 Å². The van der Waals surface area contributed by atoms with Crippen LogP contribution in [0.15, 0.2) is 6.07 Å². The lowest BCUT2D eigenvalue weighted by atomic mass is 10.2. The summed E-state index contributed by atoms with van der Waals surface area (Å²) in [7, 11) is 0. The highest BCUT2D eigenvalue weighted by Crippen LogP contribution is 2.31. The molecule has 1 atom stereocenters. The summed E-state index contributed by atoms with van der Waals surface area (Å²) in [6.45, 7) is 4.18. The van der Waals surface area contributed by atoms with Crippen LogP contribution in [0.3, 0.4) is 0 Å². The van der Waals surface area contributed by atoms with Gasteiger partial charge in [-0.25, -0.2) is 4.79 Å². The van der Waals surface area contributed by atoms with Crippen LogP contribution in [0.1, 0.15) is 46.8 Å². The van der Waals surface area contributed by atoms with Crippen molar-refractivity contribution in [2.75, 3.05) is 6.54 Å². The Bertz CT molecular complexity index is 460. The Morgan fingerprint density at radius 3 is 2.95 bits per heavy atom.